The summed E-state index contributed by atoms with van der Waals surface area (Å²) in [5.41, 5.74) is 0. The predicted octanol–water partition coefficient (Wildman–Crippen LogP) is 22.0. The number of nitrogens with one attached hydrogen (secondary N) is 1. The van der Waals surface area contributed by atoms with Crippen LogP contribution in [0.5, 0.6) is 0 Å². The predicted molar refractivity (Wildman–Crippen MR) is 324 cm³/mol. The van der Waals surface area contributed by atoms with Crippen LogP contribution in [0, 0.1) is 0 Å². The summed E-state index contributed by atoms with van der Waals surface area (Å²) in [6.45, 7) is 4.29. The topological polar surface area (TPSA) is 89.8 Å². The lowest BCUT2D eigenvalue weighted by atomic mass is 10.0. The van der Waals surface area contributed by atoms with E-state index in [-0.39, 0.29) is 6.61 Å². The first-order valence-electron chi connectivity index (χ1n) is 34.3. The SMILES string of the molecule is CCCCCCCCCCCCCCCCCCCCCCCCCCCCCCCCCCCCCCC(O)C(=O)NC(CO)C(O)CCCCCCCCCCCCCCCCCCCCCCCCC. The molecular formula is C68H137NO4. The summed E-state index contributed by atoms with van der Waals surface area (Å²) in [7, 11) is 0. The molecule has 5 heteroatoms. The van der Waals surface area contributed by atoms with Gasteiger partial charge in [-0.05, 0) is 12.8 Å². The van der Waals surface area contributed by atoms with Gasteiger partial charge in [0.25, 0.3) is 0 Å². The van der Waals surface area contributed by atoms with Crippen molar-refractivity contribution in [3.8, 4) is 0 Å². The fraction of sp³-hybridized carbons (Fsp3) is 0.985. The highest BCUT2D eigenvalue weighted by Crippen LogP contribution is 2.20. The second kappa shape index (κ2) is 63.9. The summed E-state index contributed by atoms with van der Waals surface area (Å²) in [6.07, 6.45) is 80.7. The molecule has 438 valence electrons. The van der Waals surface area contributed by atoms with Crippen LogP contribution in [0.3, 0.4) is 0 Å². The van der Waals surface area contributed by atoms with Crippen molar-refractivity contribution < 1.29 is 20.1 Å². The molecule has 0 saturated heterocycles. The second-order valence-electron chi connectivity index (χ2n) is 24.1. The van der Waals surface area contributed by atoms with E-state index in [4.69, 9.17) is 0 Å². The van der Waals surface area contributed by atoms with E-state index in [0.29, 0.717) is 12.8 Å². The molecule has 3 unspecified atom stereocenters. The van der Waals surface area contributed by atoms with Gasteiger partial charge in [0, 0.05) is 0 Å². The van der Waals surface area contributed by atoms with Crippen molar-refractivity contribution in [3.05, 3.63) is 0 Å². The lowest BCUT2D eigenvalue weighted by molar-refractivity contribution is -0.131. The Hall–Kier alpha value is -0.650. The average Bonchev–Trinajstić information content (AvgIpc) is 3.40. The number of amides is 1. The zero-order valence-corrected chi connectivity index (χ0v) is 50.3. The number of rotatable bonds is 65. The minimum atomic E-state index is -1.07. The zero-order chi connectivity index (χ0) is 52.9. The molecule has 0 aromatic heterocycles. The van der Waals surface area contributed by atoms with Crippen LogP contribution >= 0.6 is 0 Å². The molecule has 3 atom stereocenters. The van der Waals surface area contributed by atoms with Crippen molar-refractivity contribution in [2.24, 2.45) is 0 Å². The van der Waals surface area contributed by atoms with E-state index in [1.165, 1.54) is 347 Å². The van der Waals surface area contributed by atoms with Crippen LogP contribution in [0.25, 0.3) is 0 Å². The first-order chi connectivity index (χ1) is 36.1. The van der Waals surface area contributed by atoms with Gasteiger partial charge in [0.05, 0.1) is 18.8 Å². The van der Waals surface area contributed by atoms with Gasteiger partial charge in [-0.25, -0.2) is 0 Å². The molecule has 73 heavy (non-hydrogen) atoms. The van der Waals surface area contributed by atoms with Crippen molar-refractivity contribution in [1.82, 2.24) is 5.32 Å². The van der Waals surface area contributed by atoms with Gasteiger partial charge >= 0.3 is 0 Å². The standard InChI is InChI=1S/C68H137NO4/c1-3-5-7-9-11-13-15-17-19-21-23-25-27-28-29-30-31-32-33-34-35-36-37-38-39-41-43-45-47-49-51-53-55-57-59-61-63-67(72)68(73)69-65(64-70)66(71)62-60-58-56-54-52-50-48-46-44-42-40-26-24-22-20-18-16-14-12-10-8-6-4-2/h65-67,70-72H,3-64H2,1-2H3,(H,69,73). The van der Waals surface area contributed by atoms with Gasteiger partial charge in [0.15, 0.2) is 0 Å². The third kappa shape index (κ3) is 58.9. The molecule has 0 rings (SSSR count). The molecule has 0 aliphatic rings. The van der Waals surface area contributed by atoms with Crippen molar-refractivity contribution in [3.63, 3.8) is 0 Å². The molecule has 0 saturated carbocycles. The molecule has 0 spiro atoms. The smallest absolute Gasteiger partial charge is 0.249 e. The molecule has 0 heterocycles. The normalized spacial score (nSPS) is 13.0. The molecule has 0 fully saturated rings. The molecule has 1 amide bonds. The minimum Gasteiger partial charge on any atom is -0.394 e. The van der Waals surface area contributed by atoms with Gasteiger partial charge in [-0.2, -0.15) is 0 Å². The molecule has 0 aromatic carbocycles. The van der Waals surface area contributed by atoms with Crippen molar-refractivity contribution in [2.75, 3.05) is 6.61 Å². The van der Waals surface area contributed by atoms with Gasteiger partial charge in [-0.15, -0.1) is 0 Å². The molecular weight excluding hydrogens is 895 g/mol. The molecule has 4 N–H and O–H groups in total. The quantitative estimate of drug-likeness (QED) is 0.0457. The van der Waals surface area contributed by atoms with Gasteiger partial charge in [0.1, 0.15) is 6.10 Å². The fourth-order valence-electron chi connectivity index (χ4n) is 11.4. The van der Waals surface area contributed by atoms with Crippen molar-refractivity contribution in [1.29, 1.82) is 0 Å². The Morgan fingerprint density at radius 2 is 0.438 bits per heavy atom. The lowest BCUT2D eigenvalue weighted by Crippen LogP contribution is -2.49. The van der Waals surface area contributed by atoms with Gasteiger partial charge in [-0.3, -0.25) is 4.79 Å². The number of hydrogen-bond acceptors (Lipinski definition) is 4. The van der Waals surface area contributed by atoms with Crippen LogP contribution in [0.15, 0.2) is 0 Å². The summed E-state index contributed by atoms with van der Waals surface area (Å²) in [5.74, 6) is -0.459. The maximum atomic E-state index is 12.6. The Balaban J connectivity index is 3.41. The van der Waals surface area contributed by atoms with Crippen LogP contribution < -0.4 is 5.32 Å². The lowest BCUT2D eigenvalue weighted by Gasteiger charge is -2.23. The highest BCUT2D eigenvalue weighted by Gasteiger charge is 2.23. The van der Waals surface area contributed by atoms with Gasteiger partial charge < -0.3 is 20.6 Å². The number of aliphatic hydroxyl groups is 3. The first-order valence-corrected chi connectivity index (χ1v) is 34.3. The van der Waals surface area contributed by atoms with E-state index in [2.05, 4.69) is 19.2 Å². The van der Waals surface area contributed by atoms with Crippen LogP contribution in [-0.4, -0.2) is 46.1 Å². The van der Waals surface area contributed by atoms with E-state index in [1.807, 2.05) is 0 Å². The number of unbranched alkanes of at least 4 members (excludes halogenated alkanes) is 57. The number of aliphatic hydroxyl groups excluding tert-OH is 3. The van der Waals surface area contributed by atoms with E-state index in [0.717, 1.165) is 32.1 Å². The van der Waals surface area contributed by atoms with Crippen LogP contribution in [-0.2, 0) is 4.79 Å². The van der Waals surface area contributed by atoms with Crippen LogP contribution in [0.1, 0.15) is 406 Å². The van der Waals surface area contributed by atoms with E-state index >= 15 is 0 Å². The van der Waals surface area contributed by atoms with E-state index in [1.54, 1.807) is 0 Å². The number of hydrogen-bond donors (Lipinski definition) is 4. The van der Waals surface area contributed by atoms with Crippen molar-refractivity contribution >= 4 is 5.91 Å². The first kappa shape index (κ1) is 72.3. The monoisotopic (exact) mass is 1030 g/mol. The Labute approximate surface area is 459 Å². The second-order valence-corrected chi connectivity index (χ2v) is 24.1. The third-order valence-corrected chi connectivity index (χ3v) is 16.7. The van der Waals surface area contributed by atoms with E-state index < -0.39 is 24.2 Å². The van der Waals surface area contributed by atoms with E-state index in [9.17, 15) is 20.1 Å². The van der Waals surface area contributed by atoms with Crippen LogP contribution in [0.4, 0.5) is 0 Å². The molecule has 0 radical (unpaired) electrons. The Morgan fingerprint density at radius 3 is 0.616 bits per heavy atom. The Kier molecular flexibility index (Phi) is 63.3. The number of carbonyl (C=O) groups excluding carboxylic acids is 1. The maximum absolute atomic E-state index is 12.6. The molecule has 0 bridgehead atoms. The summed E-state index contributed by atoms with van der Waals surface area (Å²) in [5, 5.41) is 33.7. The number of carbonyl (C=O) groups is 1. The maximum Gasteiger partial charge on any atom is 0.249 e. The summed E-state index contributed by atoms with van der Waals surface area (Å²) >= 11 is 0. The van der Waals surface area contributed by atoms with Crippen molar-refractivity contribution in [2.45, 2.75) is 424 Å². The molecule has 0 aliphatic heterocycles. The highest BCUT2D eigenvalue weighted by atomic mass is 16.3. The fourth-order valence-corrected chi connectivity index (χ4v) is 11.4. The third-order valence-electron chi connectivity index (χ3n) is 16.7. The van der Waals surface area contributed by atoms with Crippen LogP contribution in [0.2, 0.25) is 0 Å². The van der Waals surface area contributed by atoms with Gasteiger partial charge in [0.2, 0.25) is 5.91 Å². The zero-order valence-electron chi connectivity index (χ0n) is 50.3. The largest absolute Gasteiger partial charge is 0.394 e. The average molecular weight is 1030 g/mol. The minimum absolute atomic E-state index is 0.307. The molecule has 5 nitrogen and oxygen atoms in total. The van der Waals surface area contributed by atoms with Gasteiger partial charge in [-0.1, -0.05) is 393 Å². The highest BCUT2D eigenvalue weighted by molar-refractivity contribution is 5.80. The molecule has 0 aliphatic carbocycles. The Morgan fingerprint density at radius 1 is 0.274 bits per heavy atom. The summed E-state index contributed by atoms with van der Waals surface area (Å²) < 4.78 is 0. The summed E-state index contributed by atoms with van der Waals surface area (Å²) in [6, 6.07) is -0.709. The summed E-state index contributed by atoms with van der Waals surface area (Å²) in [4.78, 5) is 12.6. The molecule has 0 aromatic rings. The Bertz CT molecular complexity index is 1010.